The van der Waals surface area contributed by atoms with Crippen LogP contribution in [0.4, 0.5) is 0 Å². The zero-order valence-electron chi connectivity index (χ0n) is 10.6. The lowest BCUT2D eigenvalue weighted by atomic mass is 10.1. The second-order valence-electron chi connectivity index (χ2n) is 3.95. The lowest BCUT2D eigenvalue weighted by molar-refractivity contribution is -0.0431. The fourth-order valence-corrected chi connectivity index (χ4v) is 1.71. The number of halogens is 1. The molecule has 0 aliphatic heterocycles. The van der Waals surface area contributed by atoms with Gasteiger partial charge < -0.3 is 14.6 Å². The molecule has 3 unspecified atom stereocenters. The summed E-state index contributed by atoms with van der Waals surface area (Å²) in [6.07, 6.45) is -2.02. The molecule has 1 aromatic carbocycles. The number of aliphatic hydroxyl groups is 1. The van der Waals surface area contributed by atoms with Crippen LogP contribution in [-0.2, 0) is 4.74 Å². The Morgan fingerprint density at radius 1 is 1.39 bits per heavy atom. The molecule has 1 rings (SSSR count). The van der Waals surface area contributed by atoms with Crippen LogP contribution in [0.15, 0.2) is 18.2 Å². The molecule has 5 heteroatoms. The van der Waals surface area contributed by atoms with Crippen molar-refractivity contribution in [2.24, 2.45) is 0 Å². The molecule has 18 heavy (non-hydrogen) atoms. The van der Waals surface area contributed by atoms with E-state index in [1.54, 1.807) is 32.0 Å². The van der Waals surface area contributed by atoms with E-state index in [4.69, 9.17) is 21.1 Å². The summed E-state index contributed by atoms with van der Waals surface area (Å²) < 4.78 is 10.7. The highest BCUT2D eigenvalue weighted by atomic mass is 35.5. The maximum absolute atomic E-state index is 9.41. The molecule has 0 fully saturated rings. The van der Waals surface area contributed by atoms with Gasteiger partial charge in [-0.3, -0.25) is 0 Å². The maximum atomic E-state index is 9.41. The van der Waals surface area contributed by atoms with Crippen LogP contribution in [0.3, 0.4) is 0 Å². The quantitative estimate of drug-likeness (QED) is 0.893. The molecule has 0 aliphatic rings. The SMILES string of the molecule is COc1cccc(Cl)c1C(C#N)OC(C)C(C)O. The first-order valence-corrected chi connectivity index (χ1v) is 5.94. The molecular weight excluding hydrogens is 254 g/mol. The molecule has 0 aromatic heterocycles. The van der Waals surface area contributed by atoms with Crippen LogP contribution in [0.5, 0.6) is 5.75 Å². The molecule has 1 N–H and O–H groups in total. The predicted molar refractivity (Wildman–Crippen MR) is 68.6 cm³/mol. The van der Waals surface area contributed by atoms with Gasteiger partial charge in [-0.05, 0) is 26.0 Å². The van der Waals surface area contributed by atoms with Crippen molar-refractivity contribution in [1.82, 2.24) is 0 Å². The molecule has 0 saturated carbocycles. The van der Waals surface area contributed by atoms with Gasteiger partial charge in [0.05, 0.1) is 36.0 Å². The Labute approximate surface area is 112 Å². The Balaban J connectivity index is 3.06. The van der Waals surface area contributed by atoms with Crippen molar-refractivity contribution in [3.63, 3.8) is 0 Å². The monoisotopic (exact) mass is 269 g/mol. The third-order valence-electron chi connectivity index (χ3n) is 2.64. The third-order valence-corrected chi connectivity index (χ3v) is 2.97. The smallest absolute Gasteiger partial charge is 0.174 e. The second kappa shape index (κ2) is 6.60. The number of rotatable bonds is 5. The summed E-state index contributed by atoms with van der Waals surface area (Å²) in [7, 11) is 1.50. The van der Waals surface area contributed by atoms with E-state index in [1.807, 2.05) is 6.07 Å². The first-order chi connectivity index (χ1) is 8.51. The van der Waals surface area contributed by atoms with Gasteiger partial charge in [-0.2, -0.15) is 5.26 Å². The Hall–Kier alpha value is -1.28. The number of nitriles is 1. The molecule has 0 amide bonds. The van der Waals surface area contributed by atoms with Crippen molar-refractivity contribution >= 4 is 11.6 Å². The Bertz CT molecular complexity index is 442. The van der Waals surface area contributed by atoms with Gasteiger partial charge in [-0.15, -0.1) is 0 Å². The molecule has 0 spiro atoms. The average molecular weight is 270 g/mol. The summed E-state index contributed by atoms with van der Waals surface area (Å²) in [6.45, 7) is 3.29. The molecule has 0 saturated heterocycles. The highest BCUT2D eigenvalue weighted by molar-refractivity contribution is 6.31. The van der Waals surface area contributed by atoms with Crippen LogP contribution in [0, 0.1) is 11.3 Å². The van der Waals surface area contributed by atoms with Gasteiger partial charge in [-0.25, -0.2) is 0 Å². The average Bonchev–Trinajstić information content (AvgIpc) is 2.35. The summed E-state index contributed by atoms with van der Waals surface area (Å²) in [5, 5.41) is 19.0. The van der Waals surface area contributed by atoms with Gasteiger partial charge >= 0.3 is 0 Å². The molecule has 0 bridgehead atoms. The van der Waals surface area contributed by atoms with Crippen molar-refractivity contribution in [1.29, 1.82) is 5.26 Å². The van der Waals surface area contributed by atoms with Crippen LogP contribution in [-0.4, -0.2) is 24.4 Å². The fraction of sp³-hybridized carbons (Fsp3) is 0.462. The van der Waals surface area contributed by atoms with Crippen LogP contribution in [0.1, 0.15) is 25.5 Å². The molecular formula is C13H16ClNO3. The number of aliphatic hydroxyl groups excluding tert-OH is 1. The molecule has 3 atom stereocenters. The third kappa shape index (κ3) is 3.36. The van der Waals surface area contributed by atoms with Crippen LogP contribution in [0.2, 0.25) is 5.02 Å². The molecule has 0 aliphatic carbocycles. The minimum atomic E-state index is -0.877. The fourth-order valence-electron chi connectivity index (χ4n) is 1.44. The molecule has 0 radical (unpaired) electrons. The van der Waals surface area contributed by atoms with Gasteiger partial charge in [0.1, 0.15) is 5.75 Å². The summed E-state index contributed by atoms with van der Waals surface area (Å²) in [5.74, 6) is 0.492. The van der Waals surface area contributed by atoms with Crippen LogP contribution < -0.4 is 4.74 Å². The predicted octanol–water partition coefficient (Wildman–Crippen LogP) is 2.70. The number of ether oxygens (including phenoxy) is 2. The van der Waals surface area contributed by atoms with Crippen LogP contribution in [0.25, 0.3) is 0 Å². The largest absolute Gasteiger partial charge is 0.496 e. The lowest BCUT2D eigenvalue weighted by Gasteiger charge is -2.21. The van der Waals surface area contributed by atoms with E-state index in [0.29, 0.717) is 16.3 Å². The normalized spacial score (nSPS) is 15.6. The number of hydrogen-bond donors (Lipinski definition) is 1. The maximum Gasteiger partial charge on any atom is 0.174 e. The topological polar surface area (TPSA) is 62.5 Å². The number of hydrogen-bond acceptors (Lipinski definition) is 4. The number of methoxy groups -OCH3 is 1. The van der Waals surface area contributed by atoms with E-state index < -0.39 is 18.3 Å². The highest BCUT2D eigenvalue weighted by Gasteiger charge is 2.23. The second-order valence-corrected chi connectivity index (χ2v) is 4.35. The van der Waals surface area contributed by atoms with E-state index in [0.717, 1.165) is 0 Å². The Kier molecular flexibility index (Phi) is 5.42. The first kappa shape index (κ1) is 14.8. The van der Waals surface area contributed by atoms with Gasteiger partial charge in [-0.1, -0.05) is 17.7 Å². The van der Waals surface area contributed by atoms with E-state index in [9.17, 15) is 10.4 Å². The summed E-state index contributed by atoms with van der Waals surface area (Å²) in [5.41, 5.74) is 0.483. The molecule has 98 valence electrons. The van der Waals surface area contributed by atoms with Crippen molar-refractivity contribution in [3.8, 4) is 11.8 Å². The van der Waals surface area contributed by atoms with Crippen molar-refractivity contribution in [3.05, 3.63) is 28.8 Å². The minimum absolute atomic E-state index is 0.402. The van der Waals surface area contributed by atoms with E-state index in [2.05, 4.69) is 0 Å². The van der Waals surface area contributed by atoms with Crippen molar-refractivity contribution < 1.29 is 14.6 Å². The van der Waals surface area contributed by atoms with E-state index in [-0.39, 0.29) is 0 Å². The summed E-state index contributed by atoms with van der Waals surface area (Å²) in [4.78, 5) is 0. The van der Waals surface area contributed by atoms with Gasteiger partial charge in [0.15, 0.2) is 6.10 Å². The molecule has 0 heterocycles. The highest BCUT2D eigenvalue weighted by Crippen LogP contribution is 2.34. The van der Waals surface area contributed by atoms with E-state index >= 15 is 0 Å². The van der Waals surface area contributed by atoms with Gasteiger partial charge in [0, 0.05) is 0 Å². The summed E-state index contributed by atoms with van der Waals surface area (Å²) in [6, 6.07) is 7.13. The first-order valence-electron chi connectivity index (χ1n) is 5.56. The van der Waals surface area contributed by atoms with E-state index in [1.165, 1.54) is 7.11 Å². The Morgan fingerprint density at radius 3 is 2.56 bits per heavy atom. The molecule has 1 aromatic rings. The van der Waals surface area contributed by atoms with Crippen LogP contribution >= 0.6 is 11.6 Å². The van der Waals surface area contributed by atoms with Gasteiger partial charge in [0.25, 0.3) is 0 Å². The zero-order chi connectivity index (χ0) is 13.7. The summed E-state index contributed by atoms with van der Waals surface area (Å²) >= 11 is 6.07. The van der Waals surface area contributed by atoms with Gasteiger partial charge in [0.2, 0.25) is 0 Å². The number of benzene rings is 1. The minimum Gasteiger partial charge on any atom is -0.496 e. The van der Waals surface area contributed by atoms with Crippen molar-refractivity contribution in [2.45, 2.75) is 32.2 Å². The van der Waals surface area contributed by atoms with Crippen molar-refractivity contribution in [2.75, 3.05) is 7.11 Å². The standard InChI is InChI=1S/C13H16ClNO3/c1-8(16)9(2)18-12(7-15)13-10(14)5-4-6-11(13)17-3/h4-6,8-9,12,16H,1-3H3. The number of nitrogens with zero attached hydrogens (tertiary/aromatic N) is 1. The molecule has 4 nitrogen and oxygen atoms in total. The Morgan fingerprint density at radius 2 is 2.06 bits per heavy atom. The zero-order valence-corrected chi connectivity index (χ0v) is 11.3. The lowest BCUT2D eigenvalue weighted by Crippen LogP contribution is -2.24.